The summed E-state index contributed by atoms with van der Waals surface area (Å²) in [7, 11) is 0. The van der Waals surface area contributed by atoms with Gasteiger partial charge >= 0.3 is 0 Å². The summed E-state index contributed by atoms with van der Waals surface area (Å²) in [4.78, 5) is 2.34. The summed E-state index contributed by atoms with van der Waals surface area (Å²) in [5, 5.41) is 3.82. The summed E-state index contributed by atoms with van der Waals surface area (Å²) in [6, 6.07) is 85.3. The van der Waals surface area contributed by atoms with Crippen molar-refractivity contribution in [3.8, 4) is 50.2 Å². The van der Waals surface area contributed by atoms with E-state index in [0.717, 1.165) is 35.6 Å². The van der Waals surface area contributed by atoms with Crippen LogP contribution in [0, 0.1) is 0 Å². The minimum Gasteiger partial charge on any atom is -0.311 e. The van der Waals surface area contributed by atoms with E-state index in [1.807, 2.05) is 0 Å². The van der Waals surface area contributed by atoms with Crippen LogP contribution in [0.5, 0.6) is 0 Å². The molecule has 0 saturated heterocycles. The van der Waals surface area contributed by atoms with E-state index in [-0.39, 0.29) is 0 Å². The molecular weight excluding hydrogens is 761 g/mol. The monoisotopic (exact) mass is 808 g/mol. The first-order valence-corrected chi connectivity index (χ1v) is 22.0. The molecule has 63 heavy (non-hydrogen) atoms. The van der Waals surface area contributed by atoms with Crippen molar-refractivity contribution in [3.05, 3.63) is 253 Å². The number of anilines is 3. The number of rotatable bonds is 11. The molecular formula is C61H48N2. The molecule has 1 aromatic heterocycles. The number of hydrogen-bond donors (Lipinski definition) is 0. The largest absolute Gasteiger partial charge is 0.311 e. The van der Waals surface area contributed by atoms with Crippen LogP contribution in [-0.4, -0.2) is 4.57 Å². The normalized spacial score (nSPS) is 11.9. The van der Waals surface area contributed by atoms with E-state index in [1.54, 1.807) is 0 Å². The lowest BCUT2D eigenvalue weighted by atomic mass is 9.98. The molecule has 1 heterocycles. The van der Waals surface area contributed by atoms with Gasteiger partial charge in [0.15, 0.2) is 0 Å². The second-order valence-corrected chi connectivity index (χ2v) is 16.0. The van der Waals surface area contributed by atoms with Crippen LogP contribution in [0.25, 0.3) is 73.2 Å². The van der Waals surface area contributed by atoms with Crippen LogP contribution in [0.4, 0.5) is 17.1 Å². The predicted molar refractivity (Wildman–Crippen MR) is 268 cm³/mol. The van der Waals surface area contributed by atoms with Crippen molar-refractivity contribution in [1.82, 2.24) is 4.57 Å². The fraction of sp³-hybridized carbons (Fsp3) is 0.0492. The van der Waals surface area contributed by atoms with E-state index >= 15 is 0 Å². The van der Waals surface area contributed by atoms with Gasteiger partial charge in [-0.05, 0) is 124 Å². The highest BCUT2D eigenvalue weighted by Crippen LogP contribution is 2.38. The molecule has 302 valence electrons. The van der Waals surface area contributed by atoms with Crippen LogP contribution in [0.3, 0.4) is 0 Å². The molecule has 10 rings (SSSR count). The molecule has 0 amide bonds. The van der Waals surface area contributed by atoms with Crippen LogP contribution in [0.1, 0.15) is 18.9 Å². The van der Waals surface area contributed by atoms with Crippen molar-refractivity contribution < 1.29 is 0 Å². The number of nitrogens with zero attached hydrogens (tertiary/aromatic N) is 2. The Morgan fingerprint density at radius 2 is 0.794 bits per heavy atom. The first kappa shape index (κ1) is 39.2. The fourth-order valence-electron chi connectivity index (χ4n) is 8.80. The molecule has 0 bridgehead atoms. The van der Waals surface area contributed by atoms with E-state index in [0.29, 0.717) is 0 Å². The summed E-state index contributed by atoms with van der Waals surface area (Å²) < 4.78 is 2.43. The molecule has 2 heteroatoms. The van der Waals surface area contributed by atoms with E-state index < -0.39 is 0 Å². The Morgan fingerprint density at radius 3 is 1.30 bits per heavy atom. The van der Waals surface area contributed by atoms with Crippen LogP contribution in [-0.2, 0) is 6.42 Å². The molecule has 0 atom stereocenters. The van der Waals surface area contributed by atoms with Gasteiger partial charge in [-0.1, -0.05) is 195 Å². The van der Waals surface area contributed by atoms with Gasteiger partial charge in [0.1, 0.15) is 0 Å². The van der Waals surface area contributed by atoms with Crippen LogP contribution >= 0.6 is 0 Å². The van der Waals surface area contributed by atoms with Crippen molar-refractivity contribution in [2.24, 2.45) is 0 Å². The van der Waals surface area contributed by atoms with Crippen molar-refractivity contribution in [2.75, 3.05) is 4.90 Å². The summed E-state index contributed by atoms with van der Waals surface area (Å²) in [6.07, 6.45) is 6.60. The maximum atomic E-state index is 2.43. The fourth-order valence-corrected chi connectivity index (χ4v) is 8.80. The lowest BCUT2D eigenvalue weighted by Gasteiger charge is -2.26. The van der Waals surface area contributed by atoms with Crippen molar-refractivity contribution in [3.63, 3.8) is 0 Å². The van der Waals surface area contributed by atoms with Gasteiger partial charge in [-0.3, -0.25) is 0 Å². The average molecular weight is 809 g/mol. The van der Waals surface area contributed by atoms with Gasteiger partial charge in [-0.25, -0.2) is 0 Å². The molecule has 0 fully saturated rings. The Bertz CT molecular complexity index is 3140. The van der Waals surface area contributed by atoms with Crippen molar-refractivity contribution >= 4 is 40.1 Å². The minimum atomic E-state index is 0.890. The number of benzene rings is 9. The quantitative estimate of drug-likeness (QED) is 0.126. The SMILES string of the molecule is CC/C=c1\c(=C/Cc2ccccc2)c2ccccc2n1-c1ccc(-c2cccc(-c3ccc(N(c4ccc(-c5ccccc5)cc4)c4ccc(-c5ccccc5)cc4)cc3)c2)cc1. The second kappa shape index (κ2) is 18.0. The molecule has 0 N–H and O–H groups in total. The van der Waals surface area contributed by atoms with E-state index in [9.17, 15) is 0 Å². The molecule has 0 aliphatic rings. The zero-order chi connectivity index (χ0) is 42.4. The standard InChI is InChI=1S/C61H48N2/c1-2-15-60-59(43-26-45-16-6-3-7-17-45)58-24-12-13-25-61(58)63(60)57-41-33-51(34-42-57)53-23-14-22-52(44-53)50-31-39-56(40-32-50)62(54-35-27-48(28-36-54)46-18-8-4-9-19-46)55-37-29-49(30-38-55)47-20-10-5-11-21-47/h3-25,27-44H,2,26H2,1H3/b59-43-,60-15+. The third-order valence-electron chi connectivity index (χ3n) is 12.0. The van der Waals surface area contributed by atoms with Crippen molar-refractivity contribution in [1.29, 1.82) is 0 Å². The third kappa shape index (κ3) is 8.28. The third-order valence-corrected chi connectivity index (χ3v) is 12.0. The molecule has 0 aliphatic carbocycles. The highest BCUT2D eigenvalue weighted by atomic mass is 15.1. The summed E-state index contributed by atoms with van der Waals surface area (Å²) in [5.41, 5.74) is 16.6. The zero-order valence-electron chi connectivity index (χ0n) is 35.5. The first-order chi connectivity index (χ1) is 31.2. The van der Waals surface area contributed by atoms with E-state index in [4.69, 9.17) is 0 Å². The lowest BCUT2D eigenvalue weighted by molar-refractivity contribution is 1.06. The Morgan fingerprint density at radius 1 is 0.381 bits per heavy atom. The maximum Gasteiger partial charge on any atom is 0.0540 e. The number of fused-ring (bicyclic) bond motifs is 1. The predicted octanol–water partition coefficient (Wildman–Crippen LogP) is 15.0. The number of aromatic nitrogens is 1. The lowest BCUT2D eigenvalue weighted by Crippen LogP contribution is -2.28. The van der Waals surface area contributed by atoms with Crippen molar-refractivity contribution in [2.45, 2.75) is 19.8 Å². The Labute approximate surface area is 370 Å². The summed E-state index contributed by atoms with van der Waals surface area (Å²) >= 11 is 0. The Kier molecular flexibility index (Phi) is 11.2. The molecule has 0 saturated carbocycles. The zero-order valence-corrected chi connectivity index (χ0v) is 35.5. The van der Waals surface area contributed by atoms with E-state index in [1.165, 1.54) is 71.5 Å². The Hall–Kier alpha value is -7.94. The van der Waals surface area contributed by atoms with E-state index in [2.05, 4.69) is 265 Å². The Balaban J connectivity index is 0.952. The van der Waals surface area contributed by atoms with Gasteiger partial charge in [-0.2, -0.15) is 0 Å². The molecule has 2 nitrogen and oxygen atoms in total. The van der Waals surface area contributed by atoms with Gasteiger partial charge in [0.05, 0.1) is 5.52 Å². The summed E-state index contributed by atoms with van der Waals surface area (Å²) in [5.74, 6) is 0. The molecule has 0 radical (unpaired) electrons. The molecule has 9 aromatic carbocycles. The summed E-state index contributed by atoms with van der Waals surface area (Å²) in [6.45, 7) is 2.22. The van der Waals surface area contributed by atoms with Gasteiger partial charge in [0, 0.05) is 38.7 Å². The number of para-hydroxylation sites is 1. The van der Waals surface area contributed by atoms with Crippen LogP contribution in [0.2, 0.25) is 0 Å². The topological polar surface area (TPSA) is 8.17 Å². The highest BCUT2D eigenvalue weighted by Gasteiger charge is 2.15. The van der Waals surface area contributed by atoms with Gasteiger partial charge < -0.3 is 9.47 Å². The first-order valence-electron chi connectivity index (χ1n) is 22.0. The number of hydrogen-bond acceptors (Lipinski definition) is 1. The molecule has 10 aromatic rings. The smallest absolute Gasteiger partial charge is 0.0540 e. The van der Waals surface area contributed by atoms with Gasteiger partial charge in [0.2, 0.25) is 0 Å². The average Bonchev–Trinajstić information content (AvgIpc) is 3.67. The second-order valence-electron chi connectivity index (χ2n) is 16.0. The van der Waals surface area contributed by atoms with Gasteiger partial charge in [-0.15, -0.1) is 0 Å². The maximum absolute atomic E-state index is 2.43. The van der Waals surface area contributed by atoms with Crippen LogP contribution in [0.15, 0.2) is 237 Å². The minimum absolute atomic E-state index is 0.890. The molecule has 0 unspecified atom stereocenters. The molecule has 0 spiro atoms. The van der Waals surface area contributed by atoms with Crippen LogP contribution < -0.4 is 15.5 Å². The molecule has 0 aliphatic heterocycles. The highest BCUT2D eigenvalue weighted by molar-refractivity contribution is 5.85. The van der Waals surface area contributed by atoms with Gasteiger partial charge in [0.25, 0.3) is 0 Å².